The van der Waals surface area contributed by atoms with Crippen LogP contribution in [0.3, 0.4) is 0 Å². The predicted octanol–water partition coefficient (Wildman–Crippen LogP) is 5.10. The van der Waals surface area contributed by atoms with Crippen molar-refractivity contribution in [3.63, 3.8) is 0 Å². The number of carbonyl (C=O) groups is 1. The lowest BCUT2D eigenvalue weighted by Crippen LogP contribution is -2.40. The van der Waals surface area contributed by atoms with Gasteiger partial charge in [0, 0.05) is 23.2 Å². The largest absolute Gasteiger partial charge is 0.356 e. The number of aromatic nitrogens is 2. The highest BCUT2D eigenvalue weighted by Crippen LogP contribution is 2.23. The number of thiophene rings is 1. The highest BCUT2D eigenvalue weighted by Gasteiger charge is 2.25. The van der Waals surface area contributed by atoms with Crippen molar-refractivity contribution in [2.75, 3.05) is 25.4 Å². The maximum Gasteiger partial charge on any atom is 0.241 e. The molecule has 1 aliphatic heterocycles. The van der Waals surface area contributed by atoms with Crippen LogP contribution >= 0.6 is 34.7 Å². The molecule has 0 aliphatic carbocycles. The van der Waals surface area contributed by atoms with Crippen LogP contribution in [0.2, 0.25) is 5.02 Å². The van der Waals surface area contributed by atoms with Crippen molar-refractivity contribution in [1.82, 2.24) is 20.4 Å². The lowest BCUT2D eigenvalue weighted by molar-refractivity contribution is -0.126. The molecule has 2 aromatic heterocycles. The minimum absolute atomic E-state index is 0.0923. The van der Waals surface area contributed by atoms with Crippen molar-refractivity contribution in [1.29, 1.82) is 0 Å². The molecule has 1 saturated heterocycles. The van der Waals surface area contributed by atoms with Crippen molar-refractivity contribution >= 4 is 40.6 Å². The Morgan fingerprint density at radius 1 is 1.28 bits per heavy atom. The van der Waals surface area contributed by atoms with E-state index in [1.54, 1.807) is 11.3 Å². The Morgan fingerprint density at radius 3 is 2.94 bits per heavy atom. The normalized spacial score (nSPS) is 15.2. The Labute approximate surface area is 201 Å². The number of nitrogens with zero attached hydrogens (tertiary/aromatic N) is 3. The van der Waals surface area contributed by atoms with Gasteiger partial charge in [-0.1, -0.05) is 35.0 Å². The fourth-order valence-corrected chi connectivity index (χ4v) is 5.49. The molecule has 0 atom stereocenters. The summed E-state index contributed by atoms with van der Waals surface area (Å²) in [6, 6.07) is 11.9. The van der Waals surface area contributed by atoms with Crippen LogP contribution in [-0.4, -0.2) is 46.3 Å². The lowest BCUT2D eigenvalue weighted by atomic mass is 9.96. The Balaban J connectivity index is 1.09. The Morgan fingerprint density at radius 2 is 2.16 bits per heavy atom. The van der Waals surface area contributed by atoms with E-state index in [1.807, 2.05) is 47.5 Å². The van der Waals surface area contributed by atoms with E-state index in [-0.39, 0.29) is 11.8 Å². The summed E-state index contributed by atoms with van der Waals surface area (Å²) in [7, 11) is 0. The van der Waals surface area contributed by atoms with Crippen molar-refractivity contribution in [3.8, 4) is 10.7 Å². The molecule has 1 aromatic carbocycles. The number of amides is 1. The second-order valence-corrected chi connectivity index (χ2v) is 10.4. The SMILES string of the molecule is O=C(NCCCSCc1cccc(Cl)c1)C1CCN(Cc2nc(-c3cccs3)no2)CC1. The van der Waals surface area contributed by atoms with E-state index in [0.717, 1.165) is 60.3 Å². The maximum absolute atomic E-state index is 12.5. The summed E-state index contributed by atoms with van der Waals surface area (Å²) in [6.07, 6.45) is 2.70. The molecular weight excluding hydrogens is 464 g/mol. The number of likely N-dealkylation sites (tertiary alicyclic amines) is 1. The van der Waals surface area contributed by atoms with Crippen molar-refractivity contribution in [2.45, 2.75) is 31.6 Å². The molecule has 1 fully saturated rings. The number of halogens is 1. The lowest BCUT2D eigenvalue weighted by Gasteiger charge is -2.30. The van der Waals surface area contributed by atoms with Crippen molar-refractivity contribution in [2.24, 2.45) is 5.92 Å². The Kier molecular flexibility index (Phi) is 8.62. The molecule has 0 saturated carbocycles. The summed E-state index contributed by atoms with van der Waals surface area (Å²) in [4.78, 5) is 20.3. The topological polar surface area (TPSA) is 71.3 Å². The van der Waals surface area contributed by atoms with Gasteiger partial charge in [0.05, 0.1) is 11.4 Å². The van der Waals surface area contributed by atoms with Crippen LogP contribution in [0.4, 0.5) is 0 Å². The van der Waals surface area contributed by atoms with E-state index in [0.29, 0.717) is 18.3 Å². The van der Waals surface area contributed by atoms with Crippen LogP contribution in [0.15, 0.2) is 46.3 Å². The first-order valence-corrected chi connectivity index (χ1v) is 13.3. The molecule has 170 valence electrons. The average molecular weight is 491 g/mol. The van der Waals surface area contributed by atoms with Gasteiger partial charge in [0.25, 0.3) is 0 Å². The highest BCUT2D eigenvalue weighted by molar-refractivity contribution is 7.98. The number of hydrogen-bond donors (Lipinski definition) is 1. The van der Waals surface area contributed by atoms with Gasteiger partial charge in [0.1, 0.15) is 0 Å². The second-order valence-electron chi connectivity index (χ2n) is 7.87. The molecule has 0 spiro atoms. The Bertz CT molecular complexity index is 988. The van der Waals surface area contributed by atoms with E-state index in [9.17, 15) is 4.79 Å². The van der Waals surface area contributed by atoms with Gasteiger partial charge in [0.2, 0.25) is 17.6 Å². The van der Waals surface area contributed by atoms with Gasteiger partial charge >= 0.3 is 0 Å². The number of piperidine rings is 1. The molecule has 0 radical (unpaired) electrons. The third-order valence-corrected chi connectivity index (χ3v) is 7.67. The zero-order chi connectivity index (χ0) is 22.2. The molecule has 1 aliphatic rings. The van der Waals surface area contributed by atoms with Gasteiger partial charge < -0.3 is 9.84 Å². The van der Waals surface area contributed by atoms with Gasteiger partial charge in [-0.3, -0.25) is 9.69 Å². The molecule has 4 rings (SSSR count). The summed E-state index contributed by atoms with van der Waals surface area (Å²) < 4.78 is 5.40. The van der Waals surface area contributed by atoms with E-state index < -0.39 is 0 Å². The molecule has 3 heterocycles. The monoisotopic (exact) mass is 490 g/mol. The van der Waals surface area contributed by atoms with Crippen LogP contribution < -0.4 is 5.32 Å². The van der Waals surface area contributed by atoms with Gasteiger partial charge in [-0.15, -0.1) is 11.3 Å². The third kappa shape index (κ3) is 6.81. The molecule has 0 unspecified atom stereocenters. The quantitative estimate of drug-likeness (QED) is 0.398. The minimum Gasteiger partial charge on any atom is -0.356 e. The number of rotatable bonds is 10. The van der Waals surface area contributed by atoms with Crippen LogP contribution in [0.5, 0.6) is 0 Å². The summed E-state index contributed by atoms with van der Waals surface area (Å²) in [5.74, 6) is 3.52. The first-order chi connectivity index (χ1) is 15.7. The second kappa shape index (κ2) is 11.8. The zero-order valence-corrected chi connectivity index (χ0v) is 20.2. The number of benzene rings is 1. The average Bonchev–Trinajstić information content (AvgIpc) is 3.49. The Hall–Kier alpha value is -1.87. The molecule has 0 bridgehead atoms. The van der Waals surface area contributed by atoms with Gasteiger partial charge in [0.15, 0.2) is 0 Å². The number of nitrogens with one attached hydrogen (secondary N) is 1. The van der Waals surface area contributed by atoms with Crippen molar-refractivity contribution < 1.29 is 9.32 Å². The molecule has 32 heavy (non-hydrogen) atoms. The molecule has 9 heteroatoms. The maximum atomic E-state index is 12.5. The molecule has 3 aromatic rings. The third-order valence-electron chi connectivity index (χ3n) is 5.45. The summed E-state index contributed by atoms with van der Waals surface area (Å²) in [5, 5.41) is 9.96. The summed E-state index contributed by atoms with van der Waals surface area (Å²) in [5.41, 5.74) is 1.24. The van der Waals surface area contributed by atoms with Gasteiger partial charge in [-0.05, 0) is 67.2 Å². The molecular formula is C23H27ClN4O2S2. The predicted molar refractivity (Wildman–Crippen MR) is 131 cm³/mol. The summed E-state index contributed by atoms with van der Waals surface area (Å²) in [6.45, 7) is 3.10. The molecule has 1 N–H and O–H groups in total. The van der Waals surface area contributed by atoms with E-state index >= 15 is 0 Å². The molecule has 1 amide bonds. The van der Waals surface area contributed by atoms with E-state index in [1.165, 1.54) is 5.56 Å². The number of carbonyl (C=O) groups excluding carboxylic acids is 1. The van der Waals surface area contributed by atoms with E-state index in [2.05, 4.69) is 26.4 Å². The first kappa shape index (κ1) is 23.3. The number of thioether (sulfide) groups is 1. The fraction of sp³-hybridized carbons (Fsp3) is 0.435. The standard InChI is InChI=1S/C23H27ClN4O2S2/c24-19-5-1-4-17(14-19)16-31-12-3-9-25-23(29)18-7-10-28(11-8-18)15-21-26-22(27-30-21)20-6-2-13-32-20/h1-2,4-6,13-14,18H,3,7-12,15-16H2,(H,25,29). The van der Waals surface area contributed by atoms with Crippen LogP contribution in [0, 0.1) is 5.92 Å². The number of hydrogen-bond acceptors (Lipinski definition) is 7. The smallest absolute Gasteiger partial charge is 0.241 e. The first-order valence-electron chi connectivity index (χ1n) is 10.9. The van der Waals surface area contributed by atoms with Crippen LogP contribution in [-0.2, 0) is 17.1 Å². The zero-order valence-electron chi connectivity index (χ0n) is 17.8. The highest BCUT2D eigenvalue weighted by atomic mass is 35.5. The fourth-order valence-electron chi connectivity index (χ4n) is 3.72. The van der Waals surface area contributed by atoms with Gasteiger partial charge in [-0.25, -0.2) is 0 Å². The van der Waals surface area contributed by atoms with Crippen LogP contribution in [0.1, 0.15) is 30.7 Å². The minimum atomic E-state index is 0.0923. The van der Waals surface area contributed by atoms with Crippen LogP contribution in [0.25, 0.3) is 10.7 Å². The summed E-state index contributed by atoms with van der Waals surface area (Å²) >= 11 is 9.48. The van der Waals surface area contributed by atoms with Crippen molar-refractivity contribution in [3.05, 3.63) is 58.3 Å². The van der Waals surface area contributed by atoms with Gasteiger partial charge in [-0.2, -0.15) is 16.7 Å². The molecule has 6 nitrogen and oxygen atoms in total. The van der Waals surface area contributed by atoms with E-state index in [4.69, 9.17) is 16.1 Å².